The fourth-order valence-electron chi connectivity index (χ4n) is 1.80. The lowest BCUT2D eigenvalue weighted by atomic mass is 9.93. The first-order valence-corrected chi connectivity index (χ1v) is 6.31. The lowest BCUT2D eigenvalue weighted by Crippen LogP contribution is -2.06. The fraction of sp³-hybridized carbons (Fsp3) is 0.643. The second-order valence-electron chi connectivity index (χ2n) is 3.26. The molecule has 1 aliphatic carbocycles. The number of nitrogens with zero attached hydrogens (tertiary/aromatic N) is 1. The third kappa shape index (κ3) is 4.03. The van der Waals surface area contributed by atoms with Crippen LogP contribution in [0.1, 0.15) is 57.4 Å². The van der Waals surface area contributed by atoms with Crippen molar-refractivity contribution in [2.45, 2.75) is 60.3 Å². The summed E-state index contributed by atoms with van der Waals surface area (Å²) in [5.74, 6) is 0. The molecule has 2 rings (SSSR count). The highest BCUT2D eigenvalue weighted by atomic mass is 14.7. The summed E-state index contributed by atoms with van der Waals surface area (Å²) in [6, 6.07) is 2.12. The lowest BCUT2D eigenvalue weighted by Gasteiger charge is -2.15. The predicted molar refractivity (Wildman–Crippen MR) is 68.3 cm³/mol. The second-order valence-corrected chi connectivity index (χ2v) is 3.26. The molecular formula is C14H25N. The van der Waals surface area contributed by atoms with Crippen LogP contribution in [0.5, 0.6) is 0 Å². The first-order chi connectivity index (χ1) is 7.38. The van der Waals surface area contributed by atoms with Gasteiger partial charge in [-0.1, -0.05) is 27.7 Å². The SMILES string of the molecule is CC.CC.Cc1ccnc2c1CCCC2. The average Bonchev–Trinajstić information content (AvgIpc) is 2.35. The van der Waals surface area contributed by atoms with E-state index in [0.29, 0.717) is 0 Å². The molecule has 0 aliphatic heterocycles. The minimum Gasteiger partial charge on any atom is -0.261 e. The lowest BCUT2D eigenvalue weighted by molar-refractivity contribution is 0.664. The molecule has 0 spiro atoms. The van der Waals surface area contributed by atoms with Gasteiger partial charge >= 0.3 is 0 Å². The fourth-order valence-corrected chi connectivity index (χ4v) is 1.80. The molecule has 1 heteroatoms. The van der Waals surface area contributed by atoms with E-state index in [-0.39, 0.29) is 0 Å². The minimum atomic E-state index is 1.19. The molecule has 0 aromatic carbocycles. The van der Waals surface area contributed by atoms with E-state index in [9.17, 15) is 0 Å². The van der Waals surface area contributed by atoms with Crippen molar-refractivity contribution in [3.05, 3.63) is 29.1 Å². The molecule has 0 saturated carbocycles. The van der Waals surface area contributed by atoms with Gasteiger partial charge in [0, 0.05) is 11.9 Å². The molecule has 1 heterocycles. The predicted octanol–water partition coefficient (Wildman–Crippen LogP) is 4.32. The number of hydrogen-bond acceptors (Lipinski definition) is 1. The van der Waals surface area contributed by atoms with Crippen molar-refractivity contribution in [3.8, 4) is 0 Å². The van der Waals surface area contributed by atoms with Gasteiger partial charge in [0.2, 0.25) is 0 Å². The molecular weight excluding hydrogens is 182 g/mol. The van der Waals surface area contributed by atoms with E-state index in [0.717, 1.165) is 0 Å². The number of aryl methyl sites for hydroxylation is 2. The summed E-state index contributed by atoms with van der Waals surface area (Å²) in [5.41, 5.74) is 4.28. The van der Waals surface area contributed by atoms with Crippen LogP contribution in [0.2, 0.25) is 0 Å². The third-order valence-corrected chi connectivity index (χ3v) is 2.47. The molecule has 0 saturated heterocycles. The summed E-state index contributed by atoms with van der Waals surface area (Å²) in [6.07, 6.45) is 7.04. The molecule has 1 aromatic heterocycles. The third-order valence-electron chi connectivity index (χ3n) is 2.47. The Bertz CT molecular complexity index is 266. The van der Waals surface area contributed by atoms with Gasteiger partial charge in [-0.2, -0.15) is 0 Å². The van der Waals surface area contributed by atoms with Gasteiger partial charge in [-0.05, 0) is 49.8 Å². The number of rotatable bonds is 0. The van der Waals surface area contributed by atoms with E-state index in [4.69, 9.17) is 0 Å². The summed E-state index contributed by atoms with van der Waals surface area (Å²) in [7, 11) is 0. The Morgan fingerprint density at radius 1 is 1.00 bits per heavy atom. The van der Waals surface area contributed by atoms with Crippen molar-refractivity contribution in [2.24, 2.45) is 0 Å². The summed E-state index contributed by atoms with van der Waals surface area (Å²) >= 11 is 0. The highest BCUT2D eigenvalue weighted by Crippen LogP contribution is 2.21. The van der Waals surface area contributed by atoms with E-state index in [1.165, 1.54) is 42.5 Å². The van der Waals surface area contributed by atoms with Gasteiger partial charge in [-0.25, -0.2) is 0 Å². The Hall–Kier alpha value is -0.850. The number of pyridine rings is 1. The second kappa shape index (κ2) is 8.46. The average molecular weight is 207 g/mol. The van der Waals surface area contributed by atoms with Gasteiger partial charge in [0.05, 0.1) is 0 Å². The Labute approximate surface area is 94.9 Å². The van der Waals surface area contributed by atoms with Crippen molar-refractivity contribution in [3.63, 3.8) is 0 Å². The van der Waals surface area contributed by atoms with E-state index < -0.39 is 0 Å². The molecule has 0 bridgehead atoms. The van der Waals surface area contributed by atoms with Crippen LogP contribution in [-0.2, 0) is 12.8 Å². The molecule has 1 aromatic rings. The summed E-state index contributed by atoms with van der Waals surface area (Å²) in [6.45, 7) is 10.2. The van der Waals surface area contributed by atoms with Crippen molar-refractivity contribution >= 4 is 0 Å². The van der Waals surface area contributed by atoms with Gasteiger partial charge in [-0.3, -0.25) is 4.98 Å². The van der Waals surface area contributed by atoms with Crippen molar-refractivity contribution in [2.75, 3.05) is 0 Å². The maximum atomic E-state index is 4.38. The van der Waals surface area contributed by atoms with Crippen LogP contribution < -0.4 is 0 Å². The summed E-state index contributed by atoms with van der Waals surface area (Å²) in [4.78, 5) is 4.38. The first kappa shape index (κ1) is 14.2. The van der Waals surface area contributed by atoms with Crippen LogP contribution in [0.3, 0.4) is 0 Å². The topological polar surface area (TPSA) is 12.9 Å². The van der Waals surface area contributed by atoms with E-state index in [2.05, 4.69) is 18.0 Å². The molecule has 15 heavy (non-hydrogen) atoms. The minimum absolute atomic E-state index is 1.19. The van der Waals surface area contributed by atoms with Gasteiger partial charge < -0.3 is 0 Å². The molecule has 0 atom stereocenters. The van der Waals surface area contributed by atoms with Crippen LogP contribution in [0.15, 0.2) is 12.3 Å². The zero-order valence-electron chi connectivity index (χ0n) is 10.9. The maximum absolute atomic E-state index is 4.38. The molecule has 0 fully saturated rings. The highest BCUT2D eigenvalue weighted by Gasteiger charge is 2.10. The molecule has 0 N–H and O–H groups in total. The first-order valence-electron chi connectivity index (χ1n) is 6.31. The Morgan fingerprint density at radius 3 is 2.20 bits per heavy atom. The molecule has 1 aliphatic rings. The number of hydrogen-bond donors (Lipinski definition) is 0. The smallest absolute Gasteiger partial charge is 0.0438 e. The van der Waals surface area contributed by atoms with Crippen molar-refractivity contribution < 1.29 is 0 Å². The van der Waals surface area contributed by atoms with E-state index in [1.807, 2.05) is 33.9 Å². The standard InChI is InChI=1S/C10H13N.2C2H6/c1-8-6-7-11-10-5-3-2-4-9(8)10;2*1-2/h6-7H,2-5H2,1H3;2*1-2H3. The van der Waals surface area contributed by atoms with Crippen LogP contribution in [0, 0.1) is 6.92 Å². The maximum Gasteiger partial charge on any atom is 0.0438 e. The highest BCUT2D eigenvalue weighted by molar-refractivity contribution is 5.30. The van der Waals surface area contributed by atoms with Gasteiger partial charge in [-0.15, -0.1) is 0 Å². The largest absolute Gasteiger partial charge is 0.261 e. The zero-order valence-corrected chi connectivity index (χ0v) is 10.9. The Morgan fingerprint density at radius 2 is 1.60 bits per heavy atom. The zero-order chi connectivity index (χ0) is 11.7. The molecule has 1 nitrogen and oxygen atoms in total. The monoisotopic (exact) mass is 207 g/mol. The van der Waals surface area contributed by atoms with Crippen molar-refractivity contribution in [1.82, 2.24) is 4.98 Å². The van der Waals surface area contributed by atoms with Gasteiger partial charge in [0.1, 0.15) is 0 Å². The molecule has 86 valence electrons. The van der Waals surface area contributed by atoms with Crippen LogP contribution in [-0.4, -0.2) is 4.98 Å². The Kier molecular flexibility index (Phi) is 7.98. The van der Waals surface area contributed by atoms with E-state index >= 15 is 0 Å². The van der Waals surface area contributed by atoms with E-state index in [1.54, 1.807) is 0 Å². The summed E-state index contributed by atoms with van der Waals surface area (Å²) < 4.78 is 0. The van der Waals surface area contributed by atoms with Crippen LogP contribution >= 0.6 is 0 Å². The number of aromatic nitrogens is 1. The molecule has 0 amide bonds. The van der Waals surface area contributed by atoms with Crippen LogP contribution in [0.25, 0.3) is 0 Å². The normalized spacial score (nSPS) is 12.6. The van der Waals surface area contributed by atoms with Crippen LogP contribution in [0.4, 0.5) is 0 Å². The molecule has 0 radical (unpaired) electrons. The molecule has 0 unspecified atom stereocenters. The summed E-state index contributed by atoms with van der Waals surface area (Å²) in [5, 5.41) is 0. The van der Waals surface area contributed by atoms with Gasteiger partial charge in [0.25, 0.3) is 0 Å². The van der Waals surface area contributed by atoms with Crippen molar-refractivity contribution in [1.29, 1.82) is 0 Å². The van der Waals surface area contributed by atoms with Gasteiger partial charge in [0.15, 0.2) is 0 Å². The Balaban J connectivity index is 0.000000442. The number of fused-ring (bicyclic) bond motifs is 1. The quantitative estimate of drug-likeness (QED) is 0.617.